The second-order valence-corrected chi connectivity index (χ2v) is 9.20. The van der Waals surface area contributed by atoms with Crippen molar-refractivity contribution in [2.24, 2.45) is 21.1 Å². The van der Waals surface area contributed by atoms with Crippen LogP contribution in [-0.2, 0) is 32.5 Å². The molecule has 0 saturated heterocycles. The lowest BCUT2D eigenvalue weighted by molar-refractivity contribution is 0.128. The Bertz CT molecular complexity index is 1630. The zero-order chi connectivity index (χ0) is 24.1. The minimum atomic E-state index is -0.117. The monoisotopic (exact) mass is 494 g/mol. The zero-order valence-corrected chi connectivity index (χ0v) is 20.9. The van der Waals surface area contributed by atoms with Crippen LogP contribution in [0.1, 0.15) is 12.6 Å². The predicted molar refractivity (Wildman–Crippen MR) is 139 cm³/mol. The summed E-state index contributed by atoms with van der Waals surface area (Å²) in [5, 5.41) is 7.66. The van der Waals surface area contributed by atoms with Crippen molar-refractivity contribution in [3.05, 3.63) is 74.6 Å². The highest BCUT2D eigenvalue weighted by molar-refractivity contribution is 6.36. The third kappa shape index (κ3) is 3.63. The van der Waals surface area contributed by atoms with Crippen LogP contribution >= 0.6 is 23.2 Å². The Hall–Kier alpha value is -3.06. The maximum absolute atomic E-state index is 13.3. The number of nitrogens with zero attached hydrogens (tertiary/aromatic N) is 4. The molecule has 174 valence electrons. The van der Waals surface area contributed by atoms with Gasteiger partial charge in [0, 0.05) is 60.2 Å². The molecule has 0 aliphatic carbocycles. The van der Waals surface area contributed by atoms with Crippen LogP contribution in [0.5, 0.6) is 0 Å². The molecule has 0 bridgehead atoms. The van der Waals surface area contributed by atoms with E-state index in [0.29, 0.717) is 34.4 Å². The van der Waals surface area contributed by atoms with Crippen molar-refractivity contribution in [3.8, 4) is 22.4 Å². The van der Waals surface area contributed by atoms with Gasteiger partial charge in [-0.2, -0.15) is 5.10 Å². The average Bonchev–Trinajstić information content (AvgIpc) is 3.32. The fraction of sp³-hybridized carbons (Fsp3) is 0.231. The lowest BCUT2D eigenvalue weighted by atomic mass is 10.0. The van der Waals surface area contributed by atoms with Crippen LogP contribution < -0.4 is 5.56 Å². The molecule has 0 radical (unpaired) electrons. The molecular weight excluding hydrogens is 471 g/mol. The number of ether oxygens (including phenoxy) is 1. The molecule has 0 N–H and O–H groups in total. The van der Waals surface area contributed by atoms with E-state index >= 15 is 0 Å². The lowest BCUT2D eigenvalue weighted by Gasteiger charge is -2.09. The average molecular weight is 495 g/mol. The van der Waals surface area contributed by atoms with Gasteiger partial charge in [0.1, 0.15) is 5.65 Å². The Morgan fingerprint density at radius 1 is 0.912 bits per heavy atom. The lowest BCUT2D eigenvalue weighted by Crippen LogP contribution is -2.20. The van der Waals surface area contributed by atoms with E-state index in [9.17, 15) is 4.79 Å². The smallest absolute Gasteiger partial charge is 0.259 e. The summed E-state index contributed by atoms with van der Waals surface area (Å²) in [5.41, 5.74) is 5.83. The van der Waals surface area contributed by atoms with E-state index in [-0.39, 0.29) is 5.56 Å². The molecular formula is C26H24Cl2N4O2. The van der Waals surface area contributed by atoms with E-state index in [2.05, 4.69) is 29.4 Å². The van der Waals surface area contributed by atoms with Crippen LogP contribution in [-0.4, -0.2) is 25.5 Å². The van der Waals surface area contributed by atoms with Gasteiger partial charge in [0.25, 0.3) is 5.56 Å². The topological polar surface area (TPSA) is 54.0 Å². The normalized spacial score (nSPS) is 11.7. The van der Waals surface area contributed by atoms with E-state index in [4.69, 9.17) is 27.9 Å². The first-order valence-electron chi connectivity index (χ1n) is 11.0. The first kappa shape index (κ1) is 22.7. The number of hydrogen-bond donors (Lipinski definition) is 0. The van der Waals surface area contributed by atoms with Crippen molar-refractivity contribution in [2.45, 2.75) is 13.5 Å². The van der Waals surface area contributed by atoms with Crippen LogP contribution in [0.15, 0.2) is 53.3 Å². The molecule has 2 aromatic carbocycles. The number of pyridine rings is 1. The highest BCUT2D eigenvalue weighted by Crippen LogP contribution is 2.35. The summed E-state index contributed by atoms with van der Waals surface area (Å²) >= 11 is 12.5. The molecule has 34 heavy (non-hydrogen) atoms. The molecule has 5 aromatic rings. The fourth-order valence-corrected chi connectivity index (χ4v) is 5.05. The molecule has 6 nitrogen and oxygen atoms in total. The number of aryl methyl sites for hydroxylation is 3. The Kier molecular flexibility index (Phi) is 5.76. The van der Waals surface area contributed by atoms with Gasteiger partial charge in [0.2, 0.25) is 0 Å². The molecule has 3 heterocycles. The van der Waals surface area contributed by atoms with E-state index in [1.165, 1.54) is 0 Å². The Labute approximate surface area is 206 Å². The third-order valence-corrected chi connectivity index (χ3v) is 6.84. The first-order chi connectivity index (χ1) is 16.3. The molecule has 5 rings (SSSR count). The Balaban J connectivity index is 1.74. The van der Waals surface area contributed by atoms with Gasteiger partial charge in [0.05, 0.1) is 28.5 Å². The second-order valence-electron chi connectivity index (χ2n) is 8.36. The highest BCUT2D eigenvalue weighted by Gasteiger charge is 2.18. The van der Waals surface area contributed by atoms with Crippen molar-refractivity contribution in [2.75, 3.05) is 6.61 Å². The summed E-state index contributed by atoms with van der Waals surface area (Å²) in [7, 11) is 5.68. The number of aromatic nitrogens is 4. The van der Waals surface area contributed by atoms with E-state index in [1.54, 1.807) is 29.8 Å². The molecule has 8 heteroatoms. The largest absolute Gasteiger partial charge is 0.375 e. The summed E-state index contributed by atoms with van der Waals surface area (Å²) in [6.45, 7) is 3.15. The standard InChI is InChI=1S/C26H24Cl2N4O2/c1-5-34-14-17-12-23(29-32(17)4)15-6-9-24-19(10-15)20-13-21(18-8-7-16(27)11-22(18)28)26(33)31(3)25(20)30(24)2/h6-13H,5,14H2,1-4H3. The minimum Gasteiger partial charge on any atom is -0.375 e. The second kappa shape index (κ2) is 8.62. The van der Waals surface area contributed by atoms with Crippen LogP contribution in [0, 0.1) is 0 Å². The summed E-state index contributed by atoms with van der Waals surface area (Å²) in [5.74, 6) is 0. The molecule has 0 aliphatic rings. The fourth-order valence-electron chi connectivity index (χ4n) is 4.54. The van der Waals surface area contributed by atoms with Crippen LogP contribution in [0.2, 0.25) is 10.0 Å². The number of halogens is 2. The van der Waals surface area contributed by atoms with Crippen molar-refractivity contribution in [1.29, 1.82) is 0 Å². The number of hydrogen-bond acceptors (Lipinski definition) is 3. The van der Waals surface area contributed by atoms with Gasteiger partial charge in [-0.3, -0.25) is 14.0 Å². The van der Waals surface area contributed by atoms with Gasteiger partial charge < -0.3 is 9.30 Å². The predicted octanol–water partition coefficient (Wildman–Crippen LogP) is 5.94. The Morgan fingerprint density at radius 3 is 2.44 bits per heavy atom. The summed E-state index contributed by atoms with van der Waals surface area (Å²) in [6, 6.07) is 15.4. The molecule has 0 atom stereocenters. The highest BCUT2D eigenvalue weighted by atomic mass is 35.5. The third-order valence-electron chi connectivity index (χ3n) is 6.30. The van der Waals surface area contributed by atoms with Gasteiger partial charge in [-0.1, -0.05) is 35.3 Å². The van der Waals surface area contributed by atoms with Crippen LogP contribution in [0.25, 0.3) is 44.3 Å². The van der Waals surface area contributed by atoms with Crippen molar-refractivity contribution < 1.29 is 4.74 Å². The van der Waals surface area contributed by atoms with Gasteiger partial charge in [-0.15, -0.1) is 0 Å². The zero-order valence-electron chi connectivity index (χ0n) is 19.4. The number of rotatable bonds is 5. The molecule has 0 fully saturated rings. The van der Waals surface area contributed by atoms with Crippen molar-refractivity contribution >= 4 is 45.1 Å². The Morgan fingerprint density at radius 2 is 1.71 bits per heavy atom. The quantitative estimate of drug-likeness (QED) is 0.303. The SMILES string of the molecule is CCOCc1cc(-c2ccc3c(c2)c2cc(-c4ccc(Cl)cc4Cl)c(=O)n(C)c2n3C)nn1C. The summed E-state index contributed by atoms with van der Waals surface area (Å²) in [6.07, 6.45) is 0. The van der Waals surface area contributed by atoms with Gasteiger partial charge in [-0.25, -0.2) is 0 Å². The number of benzene rings is 2. The molecule has 0 aliphatic heterocycles. The van der Waals surface area contributed by atoms with Crippen molar-refractivity contribution in [3.63, 3.8) is 0 Å². The van der Waals surface area contributed by atoms with E-state index in [0.717, 1.165) is 38.9 Å². The van der Waals surface area contributed by atoms with E-state index in [1.807, 2.05) is 36.3 Å². The van der Waals surface area contributed by atoms with Gasteiger partial charge in [-0.05, 0) is 43.3 Å². The summed E-state index contributed by atoms with van der Waals surface area (Å²) < 4.78 is 11.1. The van der Waals surface area contributed by atoms with E-state index < -0.39 is 0 Å². The molecule has 0 spiro atoms. The summed E-state index contributed by atoms with van der Waals surface area (Å²) in [4.78, 5) is 13.3. The van der Waals surface area contributed by atoms with Gasteiger partial charge >= 0.3 is 0 Å². The van der Waals surface area contributed by atoms with Crippen LogP contribution in [0.3, 0.4) is 0 Å². The molecule has 0 unspecified atom stereocenters. The maximum atomic E-state index is 13.3. The van der Waals surface area contributed by atoms with Gasteiger partial charge in [0.15, 0.2) is 0 Å². The number of fused-ring (bicyclic) bond motifs is 3. The first-order valence-corrected chi connectivity index (χ1v) is 11.7. The van der Waals surface area contributed by atoms with Crippen molar-refractivity contribution in [1.82, 2.24) is 18.9 Å². The van der Waals surface area contributed by atoms with Crippen LogP contribution in [0.4, 0.5) is 0 Å². The maximum Gasteiger partial charge on any atom is 0.259 e. The molecule has 0 amide bonds. The molecule has 0 saturated carbocycles. The minimum absolute atomic E-state index is 0.117. The molecule has 3 aromatic heterocycles.